The van der Waals surface area contributed by atoms with Crippen LogP contribution in [0.4, 0.5) is 5.69 Å². The fourth-order valence-electron chi connectivity index (χ4n) is 3.86. The Morgan fingerprint density at radius 1 is 1.20 bits per heavy atom. The number of hydrogen-bond acceptors (Lipinski definition) is 4. The maximum Gasteiger partial charge on any atom is 0.168 e. The van der Waals surface area contributed by atoms with Crippen LogP contribution in [0.15, 0.2) is 29.4 Å². The lowest BCUT2D eigenvalue weighted by Crippen LogP contribution is -2.26. The van der Waals surface area contributed by atoms with Crippen LogP contribution in [0.25, 0.3) is 0 Å². The van der Waals surface area contributed by atoms with Gasteiger partial charge in [0.25, 0.3) is 0 Å². The molecule has 0 amide bonds. The predicted octanol–water partition coefficient (Wildman–Crippen LogP) is 4.96. The molecule has 0 heterocycles. The minimum absolute atomic E-state index is 0.0192. The van der Waals surface area contributed by atoms with Gasteiger partial charge in [-0.15, -0.1) is 4.91 Å². The molecule has 0 aromatic heterocycles. The Hall–Kier alpha value is -2.49. The molecule has 1 aliphatic carbocycles. The maximum absolute atomic E-state index is 13.1. The third kappa shape index (κ3) is 2.97. The Morgan fingerprint density at radius 3 is 2.48 bits per heavy atom. The molecule has 1 unspecified atom stereocenters. The second kappa shape index (κ2) is 6.79. The summed E-state index contributed by atoms with van der Waals surface area (Å²) in [5.74, 6) is -0.0563. The molecular weight excluding hydrogens is 314 g/mol. The highest BCUT2D eigenvalue weighted by Crippen LogP contribution is 2.43. The van der Waals surface area contributed by atoms with Gasteiger partial charge in [-0.1, -0.05) is 36.8 Å². The molecule has 1 aliphatic rings. The number of aromatic hydroxyl groups is 1. The van der Waals surface area contributed by atoms with E-state index in [1.807, 2.05) is 26.0 Å². The third-order valence-corrected chi connectivity index (χ3v) is 5.31. The van der Waals surface area contributed by atoms with E-state index in [1.165, 1.54) is 5.56 Å². The molecule has 0 bridgehead atoms. The van der Waals surface area contributed by atoms with Gasteiger partial charge >= 0.3 is 0 Å². The van der Waals surface area contributed by atoms with E-state index >= 15 is 0 Å². The second-order valence-electron chi connectivity index (χ2n) is 6.89. The highest BCUT2D eigenvalue weighted by atomic mass is 16.3. The summed E-state index contributed by atoms with van der Waals surface area (Å²) >= 11 is 0. The second-order valence-corrected chi connectivity index (χ2v) is 6.89. The van der Waals surface area contributed by atoms with Gasteiger partial charge in [-0.25, -0.2) is 0 Å². The minimum atomic E-state index is -0.149. The van der Waals surface area contributed by atoms with Gasteiger partial charge in [0.1, 0.15) is 11.4 Å². The van der Waals surface area contributed by atoms with Crippen molar-refractivity contribution in [2.75, 3.05) is 0 Å². The molecule has 0 saturated heterocycles. The van der Waals surface area contributed by atoms with E-state index < -0.39 is 0 Å². The first kappa shape index (κ1) is 17.3. The number of hydrogen-bond donors (Lipinski definition) is 1. The van der Waals surface area contributed by atoms with E-state index in [2.05, 4.69) is 17.3 Å². The van der Waals surface area contributed by atoms with Crippen LogP contribution in [0, 0.1) is 24.7 Å². The van der Waals surface area contributed by atoms with Crippen molar-refractivity contribution in [1.82, 2.24) is 0 Å². The Morgan fingerprint density at radius 2 is 1.88 bits per heavy atom. The number of ketones is 1. The number of benzene rings is 2. The van der Waals surface area contributed by atoms with E-state index in [-0.39, 0.29) is 23.1 Å². The van der Waals surface area contributed by atoms with Crippen LogP contribution in [0.1, 0.15) is 51.5 Å². The summed E-state index contributed by atoms with van der Waals surface area (Å²) in [5, 5.41) is 13.5. The lowest BCUT2D eigenvalue weighted by atomic mass is 9.76. The minimum Gasteiger partial charge on any atom is -0.507 e. The highest BCUT2D eigenvalue weighted by molar-refractivity contribution is 6.06. The van der Waals surface area contributed by atoms with E-state index in [0.717, 1.165) is 23.1 Å². The van der Waals surface area contributed by atoms with E-state index in [0.29, 0.717) is 30.4 Å². The number of carbonyl (C=O) groups excluding carboxylic acids is 1. The number of rotatable bonds is 4. The van der Waals surface area contributed by atoms with Crippen molar-refractivity contribution < 1.29 is 9.90 Å². The normalized spacial score (nSPS) is 16.6. The van der Waals surface area contributed by atoms with E-state index in [9.17, 15) is 14.8 Å². The Balaban J connectivity index is 2.03. The van der Waals surface area contributed by atoms with Crippen molar-refractivity contribution in [3.63, 3.8) is 0 Å². The molecule has 25 heavy (non-hydrogen) atoms. The molecule has 1 N–H and O–H groups in total. The first-order valence-corrected chi connectivity index (χ1v) is 8.78. The lowest BCUT2D eigenvalue weighted by molar-refractivity contribution is 0.0901. The van der Waals surface area contributed by atoms with Crippen LogP contribution in [0.5, 0.6) is 5.75 Å². The molecule has 0 spiro atoms. The van der Waals surface area contributed by atoms with Crippen molar-refractivity contribution in [1.29, 1.82) is 0 Å². The highest BCUT2D eigenvalue weighted by Gasteiger charge is 2.34. The predicted molar refractivity (Wildman–Crippen MR) is 98.7 cm³/mol. The summed E-state index contributed by atoms with van der Waals surface area (Å²) in [6.07, 6.45) is 2.72. The molecule has 4 nitrogen and oxygen atoms in total. The molecule has 130 valence electrons. The molecule has 3 rings (SSSR count). The zero-order valence-electron chi connectivity index (χ0n) is 14.9. The van der Waals surface area contributed by atoms with Crippen LogP contribution < -0.4 is 0 Å². The third-order valence-electron chi connectivity index (χ3n) is 5.31. The lowest BCUT2D eigenvalue weighted by Gasteiger charge is -2.27. The SMILES string of the molecule is CCc1c(O)c(C)c(N=O)c2c1CCC(Cc1ccc(C)cc1)C2=O. The molecular formula is C21H23NO3. The maximum atomic E-state index is 13.1. The molecule has 2 aromatic rings. The monoisotopic (exact) mass is 337 g/mol. The van der Waals surface area contributed by atoms with Crippen LogP contribution in [-0.2, 0) is 19.3 Å². The van der Waals surface area contributed by atoms with Gasteiger partial charge in [-0.05, 0) is 61.4 Å². The summed E-state index contributed by atoms with van der Waals surface area (Å²) in [7, 11) is 0. The van der Waals surface area contributed by atoms with Crippen molar-refractivity contribution in [3.8, 4) is 5.75 Å². The molecule has 0 radical (unpaired) electrons. The molecule has 0 aliphatic heterocycles. The first-order valence-electron chi connectivity index (χ1n) is 8.78. The summed E-state index contributed by atoms with van der Waals surface area (Å²) < 4.78 is 0. The molecule has 2 aromatic carbocycles. The van der Waals surface area contributed by atoms with Crippen LogP contribution in [-0.4, -0.2) is 10.9 Å². The van der Waals surface area contributed by atoms with Crippen LogP contribution >= 0.6 is 0 Å². The fraction of sp³-hybridized carbons (Fsp3) is 0.381. The van der Waals surface area contributed by atoms with Gasteiger partial charge in [-0.2, -0.15) is 0 Å². The summed E-state index contributed by atoms with van der Waals surface area (Å²) in [5.41, 5.74) is 4.87. The van der Waals surface area contributed by atoms with Gasteiger partial charge < -0.3 is 5.11 Å². The number of aryl methyl sites for hydroxylation is 1. The van der Waals surface area contributed by atoms with Gasteiger partial charge in [0.2, 0.25) is 0 Å². The summed E-state index contributed by atoms with van der Waals surface area (Å²) in [6.45, 7) is 5.64. The smallest absolute Gasteiger partial charge is 0.168 e. The van der Waals surface area contributed by atoms with Crippen molar-refractivity contribution in [3.05, 3.63) is 62.6 Å². The van der Waals surface area contributed by atoms with Crippen molar-refractivity contribution in [2.24, 2.45) is 11.1 Å². The Bertz CT molecular complexity index is 837. The number of carbonyl (C=O) groups is 1. The average Bonchev–Trinajstić information content (AvgIpc) is 2.61. The Labute approximate surface area is 147 Å². The topological polar surface area (TPSA) is 66.7 Å². The quantitative estimate of drug-likeness (QED) is 0.802. The average molecular weight is 337 g/mol. The molecule has 0 fully saturated rings. The molecule has 1 atom stereocenters. The largest absolute Gasteiger partial charge is 0.507 e. The van der Waals surface area contributed by atoms with E-state index in [1.54, 1.807) is 6.92 Å². The zero-order valence-corrected chi connectivity index (χ0v) is 14.9. The number of nitrogens with zero attached hydrogens (tertiary/aromatic N) is 1. The molecule has 0 saturated carbocycles. The number of phenols is 1. The van der Waals surface area contributed by atoms with E-state index in [4.69, 9.17) is 0 Å². The first-order chi connectivity index (χ1) is 12.0. The number of Topliss-reactive ketones (excluding diaryl/α,β-unsaturated/α-hetero) is 1. The fourth-order valence-corrected chi connectivity index (χ4v) is 3.86. The van der Waals surface area contributed by atoms with Gasteiger partial charge in [0.05, 0.1) is 5.56 Å². The standard InChI is InChI=1S/C21H23NO3/c1-4-16-17-10-9-15(11-14-7-5-12(2)6-8-14)21(24)18(17)19(22-25)13(3)20(16)23/h5-8,15,23H,4,9-11H2,1-3H3. The summed E-state index contributed by atoms with van der Waals surface area (Å²) in [6, 6.07) is 8.20. The molecule has 4 heteroatoms. The van der Waals surface area contributed by atoms with Gasteiger partial charge in [-0.3, -0.25) is 4.79 Å². The van der Waals surface area contributed by atoms with Crippen molar-refractivity contribution in [2.45, 2.75) is 46.5 Å². The van der Waals surface area contributed by atoms with Crippen LogP contribution in [0.3, 0.4) is 0 Å². The number of fused-ring (bicyclic) bond motifs is 1. The van der Waals surface area contributed by atoms with Gasteiger partial charge in [0.15, 0.2) is 5.78 Å². The van der Waals surface area contributed by atoms with Crippen molar-refractivity contribution >= 4 is 11.5 Å². The summed E-state index contributed by atoms with van der Waals surface area (Å²) in [4.78, 5) is 24.5. The number of nitroso groups, excluding NO2 is 1. The van der Waals surface area contributed by atoms with Gasteiger partial charge in [0, 0.05) is 11.5 Å². The van der Waals surface area contributed by atoms with Crippen LogP contribution in [0.2, 0.25) is 0 Å². The number of phenolic OH excluding ortho intramolecular Hbond substituents is 1. The zero-order chi connectivity index (χ0) is 18.1. The Kier molecular flexibility index (Phi) is 4.71.